The maximum absolute atomic E-state index is 12.8. The van der Waals surface area contributed by atoms with E-state index in [2.05, 4.69) is 29.2 Å². The van der Waals surface area contributed by atoms with Gasteiger partial charge in [0, 0.05) is 43.9 Å². The summed E-state index contributed by atoms with van der Waals surface area (Å²) in [6, 6.07) is 18.2. The molecule has 1 heterocycles. The van der Waals surface area contributed by atoms with Crippen LogP contribution in [0.1, 0.15) is 41.6 Å². The third-order valence-corrected chi connectivity index (χ3v) is 5.67. The molecule has 0 bridgehead atoms. The first kappa shape index (κ1) is 20.1. The highest BCUT2D eigenvalue weighted by atomic mass is 16.2. The van der Waals surface area contributed by atoms with E-state index >= 15 is 0 Å². The van der Waals surface area contributed by atoms with E-state index in [-0.39, 0.29) is 11.8 Å². The number of benzene rings is 2. The van der Waals surface area contributed by atoms with E-state index in [4.69, 9.17) is 0 Å². The maximum atomic E-state index is 12.8. The number of amides is 1. The zero-order valence-corrected chi connectivity index (χ0v) is 16.7. The zero-order chi connectivity index (χ0) is 19.8. The number of aryl methyl sites for hydroxylation is 1. The van der Waals surface area contributed by atoms with Crippen molar-refractivity contribution in [2.24, 2.45) is 5.92 Å². The van der Waals surface area contributed by atoms with Gasteiger partial charge in [0.05, 0.1) is 0 Å². The van der Waals surface area contributed by atoms with Gasteiger partial charge in [-0.3, -0.25) is 9.59 Å². The summed E-state index contributed by atoms with van der Waals surface area (Å²) < 4.78 is 0. The molecule has 0 N–H and O–H groups in total. The minimum atomic E-state index is 0.129. The van der Waals surface area contributed by atoms with Gasteiger partial charge in [0.15, 0.2) is 0 Å². The van der Waals surface area contributed by atoms with E-state index in [9.17, 15) is 9.59 Å². The first-order chi connectivity index (χ1) is 13.7. The summed E-state index contributed by atoms with van der Waals surface area (Å²) in [5, 5.41) is 0. The molecule has 0 unspecified atom stereocenters. The molecule has 0 saturated carbocycles. The van der Waals surface area contributed by atoms with Crippen molar-refractivity contribution >= 4 is 17.9 Å². The number of carbonyl (C=O) groups excluding carboxylic acids is 2. The number of unbranched alkanes of at least 4 members (excludes halogenated alkanes) is 1. The molecular weight excluding hydrogens is 348 g/mol. The molecule has 1 amide bonds. The van der Waals surface area contributed by atoms with Gasteiger partial charge in [-0.1, -0.05) is 30.3 Å². The lowest BCUT2D eigenvalue weighted by Crippen LogP contribution is -2.41. The number of hydrogen-bond donors (Lipinski definition) is 0. The van der Waals surface area contributed by atoms with E-state index in [0.29, 0.717) is 5.56 Å². The van der Waals surface area contributed by atoms with Crippen LogP contribution in [0.15, 0.2) is 54.6 Å². The average Bonchev–Trinajstić information content (AvgIpc) is 2.77. The van der Waals surface area contributed by atoms with Crippen molar-refractivity contribution in [1.82, 2.24) is 4.90 Å². The van der Waals surface area contributed by atoms with Gasteiger partial charge in [-0.15, -0.1) is 0 Å². The summed E-state index contributed by atoms with van der Waals surface area (Å²) in [5.74, 6) is 0.417. The van der Waals surface area contributed by atoms with Crippen LogP contribution in [-0.2, 0) is 11.2 Å². The van der Waals surface area contributed by atoms with Gasteiger partial charge in [-0.25, -0.2) is 0 Å². The van der Waals surface area contributed by atoms with E-state index < -0.39 is 0 Å². The lowest BCUT2D eigenvalue weighted by atomic mass is 9.94. The molecule has 4 nitrogen and oxygen atoms in total. The molecule has 0 aliphatic carbocycles. The van der Waals surface area contributed by atoms with Crippen LogP contribution < -0.4 is 4.90 Å². The van der Waals surface area contributed by atoms with Crippen molar-refractivity contribution in [3.63, 3.8) is 0 Å². The number of nitrogens with zero attached hydrogens (tertiary/aromatic N) is 2. The van der Waals surface area contributed by atoms with Crippen LogP contribution in [-0.4, -0.2) is 43.8 Å². The second-order valence-corrected chi connectivity index (χ2v) is 7.67. The Kier molecular flexibility index (Phi) is 7.24. The third-order valence-electron chi connectivity index (χ3n) is 5.67. The molecule has 2 aromatic carbocycles. The van der Waals surface area contributed by atoms with Gasteiger partial charge in [-0.2, -0.15) is 0 Å². The lowest BCUT2D eigenvalue weighted by Gasteiger charge is -2.34. The van der Waals surface area contributed by atoms with Gasteiger partial charge in [0.25, 0.3) is 0 Å². The summed E-state index contributed by atoms with van der Waals surface area (Å²) in [7, 11) is 1.94. The van der Waals surface area contributed by atoms with Crippen LogP contribution in [0.3, 0.4) is 0 Å². The minimum absolute atomic E-state index is 0.129. The second-order valence-electron chi connectivity index (χ2n) is 7.67. The van der Waals surface area contributed by atoms with Crippen LogP contribution in [0, 0.1) is 5.92 Å². The predicted molar refractivity (Wildman–Crippen MR) is 114 cm³/mol. The fraction of sp³-hybridized carbons (Fsp3) is 0.417. The Morgan fingerprint density at radius 3 is 2.36 bits per heavy atom. The molecule has 1 fully saturated rings. The number of piperidine rings is 1. The Morgan fingerprint density at radius 2 is 1.71 bits per heavy atom. The van der Waals surface area contributed by atoms with Crippen molar-refractivity contribution in [3.05, 3.63) is 65.7 Å². The van der Waals surface area contributed by atoms with Gasteiger partial charge < -0.3 is 9.80 Å². The molecule has 1 aliphatic rings. The molecule has 3 rings (SSSR count). The SMILES string of the molecule is CN(CCCCc1ccccc1)C(=O)C1CCN(c2ccc(C=O)cc2)CC1. The first-order valence-electron chi connectivity index (χ1n) is 10.3. The third kappa shape index (κ3) is 5.44. The number of aldehydes is 1. The molecule has 0 radical (unpaired) electrons. The molecule has 4 heteroatoms. The molecule has 1 aliphatic heterocycles. The van der Waals surface area contributed by atoms with Crippen molar-refractivity contribution in [3.8, 4) is 0 Å². The molecule has 2 aromatic rings. The van der Waals surface area contributed by atoms with E-state index in [0.717, 1.165) is 63.7 Å². The van der Waals surface area contributed by atoms with Gasteiger partial charge >= 0.3 is 0 Å². The lowest BCUT2D eigenvalue weighted by molar-refractivity contribution is -0.134. The van der Waals surface area contributed by atoms with E-state index in [1.165, 1.54) is 5.56 Å². The van der Waals surface area contributed by atoms with E-state index in [1.807, 2.05) is 42.3 Å². The monoisotopic (exact) mass is 378 g/mol. The molecule has 0 atom stereocenters. The predicted octanol–water partition coefficient (Wildman–Crippen LogP) is 4.20. The zero-order valence-electron chi connectivity index (χ0n) is 16.7. The molecular formula is C24H30N2O2. The molecule has 1 saturated heterocycles. The number of anilines is 1. The molecule has 28 heavy (non-hydrogen) atoms. The van der Waals surface area contributed by atoms with Crippen LogP contribution in [0.5, 0.6) is 0 Å². The van der Waals surface area contributed by atoms with Crippen molar-refractivity contribution in [1.29, 1.82) is 0 Å². The summed E-state index contributed by atoms with van der Waals surface area (Å²) in [6.07, 6.45) is 5.87. The topological polar surface area (TPSA) is 40.6 Å². The number of hydrogen-bond acceptors (Lipinski definition) is 3. The van der Waals surface area contributed by atoms with Gasteiger partial charge in [-0.05, 0) is 61.9 Å². The summed E-state index contributed by atoms with van der Waals surface area (Å²) in [5.41, 5.74) is 3.19. The Labute approximate surface area is 168 Å². The Hall–Kier alpha value is -2.62. The highest BCUT2D eigenvalue weighted by molar-refractivity contribution is 5.79. The van der Waals surface area contributed by atoms with Crippen LogP contribution in [0.25, 0.3) is 0 Å². The minimum Gasteiger partial charge on any atom is -0.371 e. The summed E-state index contributed by atoms with van der Waals surface area (Å²) in [4.78, 5) is 27.8. The Morgan fingerprint density at radius 1 is 1.04 bits per heavy atom. The van der Waals surface area contributed by atoms with Crippen LogP contribution >= 0.6 is 0 Å². The molecule has 0 spiro atoms. The van der Waals surface area contributed by atoms with Crippen LogP contribution in [0.4, 0.5) is 5.69 Å². The fourth-order valence-electron chi connectivity index (χ4n) is 3.89. The largest absolute Gasteiger partial charge is 0.371 e. The standard InChI is InChI=1S/C24H30N2O2/c1-25(16-6-5-9-20-7-3-2-4-8-20)24(28)22-14-17-26(18-15-22)23-12-10-21(19-27)11-13-23/h2-4,7-8,10-13,19,22H,5-6,9,14-18H2,1H3. The fourth-order valence-corrected chi connectivity index (χ4v) is 3.89. The van der Waals surface area contributed by atoms with Gasteiger partial charge in [0.2, 0.25) is 5.91 Å². The van der Waals surface area contributed by atoms with Crippen molar-refractivity contribution in [2.75, 3.05) is 31.6 Å². The quantitative estimate of drug-likeness (QED) is 0.511. The maximum Gasteiger partial charge on any atom is 0.225 e. The highest BCUT2D eigenvalue weighted by Gasteiger charge is 2.27. The summed E-state index contributed by atoms with van der Waals surface area (Å²) in [6.45, 7) is 2.61. The second kappa shape index (κ2) is 10.1. The van der Waals surface area contributed by atoms with Crippen LogP contribution in [0.2, 0.25) is 0 Å². The summed E-state index contributed by atoms with van der Waals surface area (Å²) >= 11 is 0. The first-order valence-corrected chi connectivity index (χ1v) is 10.3. The average molecular weight is 379 g/mol. The normalized spacial score (nSPS) is 14.7. The Bertz CT molecular complexity index is 750. The number of rotatable bonds is 8. The van der Waals surface area contributed by atoms with Crippen molar-refractivity contribution in [2.45, 2.75) is 32.1 Å². The Balaban J connectivity index is 1.39. The van der Waals surface area contributed by atoms with Gasteiger partial charge in [0.1, 0.15) is 6.29 Å². The highest BCUT2D eigenvalue weighted by Crippen LogP contribution is 2.24. The molecule has 148 valence electrons. The van der Waals surface area contributed by atoms with Crippen molar-refractivity contribution < 1.29 is 9.59 Å². The van der Waals surface area contributed by atoms with E-state index in [1.54, 1.807) is 0 Å². The molecule has 0 aromatic heterocycles. The smallest absolute Gasteiger partial charge is 0.225 e. The number of carbonyl (C=O) groups is 2.